The molecule has 1 saturated heterocycles. The van der Waals surface area contributed by atoms with Crippen LogP contribution in [0.2, 0.25) is 0 Å². The summed E-state index contributed by atoms with van der Waals surface area (Å²) in [7, 11) is -4.12. The van der Waals surface area contributed by atoms with Crippen LogP contribution < -0.4 is 9.62 Å². The maximum absolute atomic E-state index is 12.8. The van der Waals surface area contributed by atoms with Crippen molar-refractivity contribution in [3.8, 4) is 0 Å². The molecule has 6 nitrogen and oxygen atoms in total. The molecule has 2 heterocycles. The first-order valence-corrected chi connectivity index (χ1v) is 9.98. The number of benzene rings is 1. The van der Waals surface area contributed by atoms with E-state index in [1.807, 2.05) is 0 Å². The van der Waals surface area contributed by atoms with Crippen LogP contribution in [0, 0.1) is 0 Å². The summed E-state index contributed by atoms with van der Waals surface area (Å²) in [5.74, 6) is 0.978. The third kappa shape index (κ3) is 4.95. The summed E-state index contributed by atoms with van der Waals surface area (Å²) in [6.45, 7) is 1.55. The lowest BCUT2D eigenvalue weighted by Gasteiger charge is -2.27. The van der Waals surface area contributed by atoms with E-state index < -0.39 is 26.7 Å². The van der Waals surface area contributed by atoms with Crippen molar-refractivity contribution in [2.75, 3.05) is 18.0 Å². The third-order valence-electron chi connectivity index (χ3n) is 4.26. The van der Waals surface area contributed by atoms with Gasteiger partial charge in [-0.15, -0.1) is 0 Å². The zero-order valence-corrected chi connectivity index (χ0v) is 15.2. The van der Waals surface area contributed by atoms with E-state index in [1.165, 1.54) is 6.42 Å². The number of nitrogens with one attached hydrogen (secondary N) is 1. The Kier molecular flexibility index (Phi) is 5.66. The quantitative estimate of drug-likeness (QED) is 0.835. The average Bonchev–Trinajstić information content (AvgIpc) is 2.67. The van der Waals surface area contributed by atoms with Gasteiger partial charge in [-0.25, -0.2) is 23.1 Å². The molecular formula is C17H19F3N4O2S. The Bertz CT molecular complexity index is 897. The van der Waals surface area contributed by atoms with Crippen LogP contribution in [-0.4, -0.2) is 31.5 Å². The van der Waals surface area contributed by atoms with Crippen molar-refractivity contribution in [1.29, 1.82) is 0 Å². The number of nitrogens with zero attached hydrogens (tertiary/aromatic N) is 3. The average molecular weight is 400 g/mol. The van der Waals surface area contributed by atoms with Gasteiger partial charge in [-0.3, -0.25) is 0 Å². The highest BCUT2D eigenvalue weighted by Crippen LogP contribution is 2.30. The molecule has 10 heteroatoms. The second-order valence-electron chi connectivity index (χ2n) is 6.23. The molecule has 0 saturated carbocycles. The van der Waals surface area contributed by atoms with Crippen LogP contribution in [0.25, 0.3) is 0 Å². The number of halogens is 3. The van der Waals surface area contributed by atoms with Crippen molar-refractivity contribution in [2.45, 2.75) is 36.9 Å². The Hall–Kier alpha value is -2.20. The van der Waals surface area contributed by atoms with Crippen LogP contribution in [0.4, 0.5) is 19.0 Å². The van der Waals surface area contributed by atoms with Gasteiger partial charge in [0.2, 0.25) is 10.0 Å². The van der Waals surface area contributed by atoms with E-state index in [1.54, 1.807) is 12.3 Å². The molecule has 0 unspecified atom stereocenters. The van der Waals surface area contributed by atoms with Gasteiger partial charge < -0.3 is 4.90 Å². The zero-order valence-electron chi connectivity index (χ0n) is 14.4. The van der Waals surface area contributed by atoms with Gasteiger partial charge in [0.05, 0.1) is 17.0 Å². The summed E-state index contributed by atoms with van der Waals surface area (Å²) in [4.78, 5) is 10.1. The van der Waals surface area contributed by atoms with Crippen LogP contribution in [-0.2, 0) is 22.7 Å². The largest absolute Gasteiger partial charge is 0.416 e. The first-order chi connectivity index (χ1) is 12.8. The van der Waals surface area contributed by atoms with Gasteiger partial charge in [-0.2, -0.15) is 13.2 Å². The molecule has 1 fully saturated rings. The number of rotatable bonds is 5. The van der Waals surface area contributed by atoms with E-state index in [0.717, 1.165) is 49.9 Å². The minimum atomic E-state index is -4.61. The smallest absolute Gasteiger partial charge is 0.357 e. The fourth-order valence-electron chi connectivity index (χ4n) is 2.86. The monoisotopic (exact) mass is 400 g/mol. The molecule has 1 aromatic heterocycles. The molecule has 0 radical (unpaired) electrons. The minimum absolute atomic E-state index is 0.208. The topological polar surface area (TPSA) is 75.2 Å². The highest BCUT2D eigenvalue weighted by atomic mass is 32.2. The molecule has 0 bridgehead atoms. The van der Waals surface area contributed by atoms with Gasteiger partial charge in [0.1, 0.15) is 11.6 Å². The normalized spacial score (nSPS) is 15.7. The molecule has 2 aromatic rings. The lowest BCUT2D eigenvalue weighted by molar-refractivity contribution is -0.137. The van der Waals surface area contributed by atoms with Crippen molar-refractivity contribution in [1.82, 2.24) is 14.7 Å². The summed E-state index contributed by atoms with van der Waals surface area (Å²) in [5.41, 5.74) is -1.02. The highest BCUT2D eigenvalue weighted by Gasteiger charge is 2.31. The number of hydrogen-bond donors (Lipinski definition) is 1. The first kappa shape index (κ1) is 19.6. The van der Waals surface area contributed by atoms with Crippen LogP contribution in [0.1, 0.15) is 30.7 Å². The molecule has 0 amide bonds. The fraction of sp³-hybridized carbons (Fsp3) is 0.412. The van der Waals surface area contributed by atoms with E-state index in [4.69, 9.17) is 0 Å². The van der Waals surface area contributed by atoms with Gasteiger partial charge in [0.25, 0.3) is 0 Å². The number of aromatic nitrogens is 2. The van der Waals surface area contributed by atoms with Crippen molar-refractivity contribution >= 4 is 15.8 Å². The molecule has 146 valence electrons. The predicted octanol–water partition coefficient (Wildman–Crippen LogP) is 2.96. The predicted molar refractivity (Wildman–Crippen MR) is 93.6 cm³/mol. The molecule has 1 aliphatic heterocycles. The number of alkyl halides is 3. The zero-order chi connectivity index (χ0) is 19.5. The third-order valence-corrected chi connectivity index (χ3v) is 5.66. The first-order valence-electron chi connectivity index (χ1n) is 8.49. The second-order valence-corrected chi connectivity index (χ2v) is 8.00. The Morgan fingerprint density at radius 2 is 1.85 bits per heavy atom. The van der Waals surface area contributed by atoms with Crippen LogP contribution in [0.15, 0.2) is 41.4 Å². The van der Waals surface area contributed by atoms with Crippen molar-refractivity contribution < 1.29 is 21.6 Å². The Balaban J connectivity index is 1.72. The van der Waals surface area contributed by atoms with E-state index in [-0.39, 0.29) is 12.4 Å². The molecular weight excluding hydrogens is 381 g/mol. The molecule has 0 atom stereocenters. The summed E-state index contributed by atoms with van der Waals surface area (Å²) < 4.78 is 65.3. The second kappa shape index (κ2) is 7.81. The van der Waals surface area contributed by atoms with E-state index in [2.05, 4.69) is 19.6 Å². The lowest BCUT2D eigenvalue weighted by Crippen LogP contribution is -2.31. The van der Waals surface area contributed by atoms with Gasteiger partial charge >= 0.3 is 6.18 Å². The molecule has 0 aliphatic carbocycles. The van der Waals surface area contributed by atoms with Gasteiger partial charge in [-0.1, -0.05) is 6.07 Å². The van der Waals surface area contributed by atoms with Gasteiger partial charge in [0.15, 0.2) is 0 Å². The molecule has 3 rings (SSSR count). The molecule has 1 aromatic carbocycles. The highest BCUT2D eigenvalue weighted by molar-refractivity contribution is 7.89. The molecule has 1 aliphatic rings. The summed E-state index contributed by atoms with van der Waals surface area (Å²) in [6, 6.07) is 5.36. The van der Waals surface area contributed by atoms with Crippen LogP contribution in [0.3, 0.4) is 0 Å². The SMILES string of the molecule is O=S(=O)(NCc1nccc(N2CCCCC2)n1)c1cccc(C(F)(F)F)c1. The van der Waals surface area contributed by atoms with E-state index in [0.29, 0.717) is 6.07 Å². The van der Waals surface area contributed by atoms with Gasteiger partial charge in [-0.05, 0) is 43.5 Å². The van der Waals surface area contributed by atoms with Crippen molar-refractivity contribution in [3.05, 3.63) is 47.9 Å². The number of sulfonamides is 1. The number of piperidine rings is 1. The van der Waals surface area contributed by atoms with E-state index in [9.17, 15) is 21.6 Å². The summed E-state index contributed by atoms with van der Waals surface area (Å²) >= 11 is 0. The Morgan fingerprint density at radius 3 is 2.56 bits per heavy atom. The number of anilines is 1. The Labute approximate surface area is 155 Å². The van der Waals surface area contributed by atoms with Crippen LogP contribution in [0.5, 0.6) is 0 Å². The van der Waals surface area contributed by atoms with Crippen molar-refractivity contribution in [3.63, 3.8) is 0 Å². The minimum Gasteiger partial charge on any atom is -0.357 e. The standard InChI is InChI=1S/C17H19F3N4O2S/c18-17(19,20)13-5-4-6-14(11-13)27(25,26)22-12-15-21-8-7-16(23-15)24-9-2-1-3-10-24/h4-8,11,22H,1-3,9-10,12H2. The van der Waals surface area contributed by atoms with Crippen LogP contribution >= 0.6 is 0 Å². The fourth-order valence-corrected chi connectivity index (χ4v) is 3.88. The lowest BCUT2D eigenvalue weighted by atomic mass is 10.1. The maximum Gasteiger partial charge on any atom is 0.416 e. The van der Waals surface area contributed by atoms with E-state index >= 15 is 0 Å². The number of hydrogen-bond acceptors (Lipinski definition) is 5. The summed E-state index contributed by atoms with van der Waals surface area (Å²) in [5, 5.41) is 0. The van der Waals surface area contributed by atoms with Crippen molar-refractivity contribution in [2.24, 2.45) is 0 Å². The molecule has 27 heavy (non-hydrogen) atoms. The maximum atomic E-state index is 12.8. The molecule has 1 N–H and O–H groups in total. The molecule has 0 spiro atoms. The summed E-state index contributed by atoms with van der Waals surface area (Å²) in [6.07, 6.45) is 0.247. The van der Waals surface area contributed by atoms with Gasteiger partial charge in [0, 0.05) is 19.3 Å². The Morgan fingerprint density at radius 1 is 1.11 bits per heavy atom.